The van der Waals surface area contributed by atoms with Crippen molar-refractivity contribution in [3.63, 3.8) is 0 Å². The lowest BCUT2D eigenvalue weighted by Gasteiger charge is -2.13. The molecule has 43 heavy (non-hydrogen) atoms. The fraction of sp³-hybridized carbons (Fsp3) is 0.364. The van der Waals surface area contributed by atoms with Gasteiger partial charge in [-0.2, -0.15) is 5.10 Å². The van der Waals surface area contributed by atoms with Crippen molar-refractivity contribution in [2.24, 2.45) is 11.1 Å². The highest BCUT2D eigenvalue weighted by Gasteiger charge is 2.30. The zero-order chi connectivity index (χ0) is 30.3. The maximum atomic E-state index is 12.0. The van der Waals surface area contributed by atoms with Gasteiger partial charge in [0.15, 0.2) is 10.6 Å². The minimum atomic E-state index is -1.57. The summed E-state index contributed by atoms with van der Waals surface area (Å²) >= 11 is -0.307. The predicted octanol–water partition coefficient (Wildman–Crippen LogP) is 5.49. The zero-order valence-electron chi connectivity index (χ0n) is 24.2. The summed E-state index contributed by atoms with van der Waals surface area (Å²) in [6.07, 6.45) is 7.01. The van der Waals surface area contributed by atoms with E-state index in [1.165, 1.54) is 11.3 Å². The SMILES string of the molecule is Cc1ccc(-c2nn(-c3nc(C(=O)O)cs3)c(CC3CC3)c2Cc2ccc([S+](N)[O-])c(C)c2)cc1C#CC1(O)CCCC1. The molecule has 2 aliphatic rings. The zero-order valence-corrected chi connectivity index (χ0v) is 25.9. The van der Waals surface area contributed by atoms with E-state index in [0.717, 1.165) is 76.9 Å². The molecule has 0 amide bonds. The Bertz CT molecular complexity index is 1750. The van der Waals surface area contributed by atoms with Crippen LogP contribution < -0.4 is 5.14 Å². The Morgan fingerprint density at radius 2 is 1.95 bits per heavy atom. The summed E-state index contributed by atoms with van der Waals surface area (Å²) in [5, 5.41) is 33.2. The van der Waals surface area contributed by atoms with Crippen LogP contribution in [0.5, 0.6) is 0 Å². The first-order valence-electron chi connectivity index (χ1n) is 14.5. The van der Waals surface area contributed by atoms with Gasteiger partial charge in [-0.25, -0.2) is 14.5 Å². The van der Waals surface area contributed by atoms with Crippen LogP contribution in [-0.2, 0) is 24.2 Å². The van der Waals surface area contributed by atoms with Crippen molar-refractivity contribution in [3.8, 4) is 28.2 Å². The summed E-state index contributed by atoms with van der Waals surface area (Å²) in [5.41, 5.74) is 6.55. The third kappa shape index (κ3) is 6.42. The lowest BCUT2D eigenvalue weighted by atomic mass is 9.94. The molecule has 1 unspecified atom stereocenters. The largest absolute Gasteiger partial charge is 0.593 e. The standard InChI is InChI=1S/C33H34N4O4S2/c1-20-5-9-25(18-24(20)11-14-33(40)12-3-4-13-33)30-26(16-23-8-10-29(43(34)41)21(2)15-23)28(17-22-6-7-22)37(36-30)32-35-27(19-42-32)31(38)39/h5,8-10,15,18-19,22,40H,3-4,6-7,12-13,16-17,34H2,1-2H3,(H,38,39). The smallest absolute Gasteiger partial charge is 0.355 e. The van der Waals surface area contributed by atoms with Crippen LogP contribution in [0, 0.1) is 31.6 Å². The van der Waals surface area contributed by atoms with E-state index in [9.17, 15) is 19.6 Å². The van der Waals surface area contributed by atoms with Crippen LogP contribution in [0.4, 0.5) is 0 Å². The summed E-state index contributed by atoms with van der Waals surface area (Å²) in [6, 6.07) is 11.9. The highest BCUT2D eigenvalue weighted by Crippen LogP contribution is 2.38. The molecule has 0 saturated heterocycles. The number of benzene rings is 2. The van der Waals surface area contributed by atoms with Crippen LogP contribution in [0.2, 0.25) is 0 Å². The molecule has 0 aliphatic heterocycles. The maximum Gasteiger partial charge on any atom is 0.355 e. The maximum absolute atomic E-state index is 12.0. The number of aromatic carboxylic acids is 1. The van der Waals surface area contributed by atoms with Crippen molar-refractivity contribution < 1.29 is 19.6 Å². The molecule has 10 heteroatoms. The van der Waals surface area contributed by atoms with Gasteiger partial charge in [-0.05, 0) is 88.0 Å². The van der Waals surface area contributed by atoms with E-state index in [4.69, 9.17) is 10.2 Å². The molecular formula is C33H34N4O4S2. The van der Waals surface area contributed by atoms with Gasteiger partial charge < -0.3 is 14.8 Å². The van der Waals surface area contributed by atoms with E-state index in [1.54, 1.807) is 5.38 Å². The molecule has 222 valence electrons. The number of aryl methyl sites for hydroxylation is 2. The number of nitrogens with two attached hydrogens (primary N) is 1. The lowest BCUT2D eigenvalue weighted by molar-refractivity contribution is 0.0691. The van der Waals surface area contributed by atoms with Gasteiger partial charge in [-0.3, -0.25) is 0 Å². The molecule has 2 heterocycles. The first kappa shape index (κ1) is 29.6. The molecule has 4 N–H and O–H groups in total. The Balaban J connectivity index is 1.49. The summed E-state index contributed by atoms with van der Waals surface area (Å²) in [5.74, 6) is 5.87. The average Bonchev–Trinajstić information content (AvgIpc) is 3.31. The van der Waals surface area contributed by atoms with Crippen LogP contribution in [0.15, 0.2) is 46.7 Å². The van der Waals surface area contributed by atoms with Gasteiger partial charge in [0.05, 0.1) is 22.7 Å². The molecule has 0 bridgehead atoms. The Labute approximate surface area is 258 Å². The molecule has 1 atom stereocenters. The number of thiazole rings is 1. The molecule has 2 aromatic heterocycles. The highest BCUT2D eigenvalue weighted by molar-refractivity contribution is 7.89. The van der Waals surface area contributed by atoms with Gasteiger partial charge in [-0.1, -0.05) is 36.1 Å². The molecule has 0 spiro atoms. The summed E-state index contributed by atoms with van der Waals surface area (Å²) in [6.45, 7) is 3.92. The fourth-order valence-electron chi connectivity index (χ4n) is 5.75. The minimum absolute atomic E-state index is 0.00490. The minimum Gasteiger partial charge on any atom is -0.593 e. The molecule has 8 nitrogen and oxygen atoms in total. The van der Waals surface area contributed by atoms with Gasteiger partial charge in [-0.15, -0.1) is 16.5 Å². The molecule has 4 aromatic rings. The fourth-order valence-corrected chi connectivity index (χ4v) is 7.10. The van der Waals surface area contributed by atoms with E-state index in [1.807, 2.05) is 54.9 Å². The van der Waals surface area contributed by atoms with Crippen molar-refractivity contribution in [3.05, 3.63) is 81.0 Å². The second kappa shape index (κ2) is 11.9. The lowest BCUT2D eigenvalue weighted by Crippen LogP contribution is -2.20. The van der Waals surface area contributed by atoms with Gasteiger partial charge in [0.2, 0.25) is 5.13 Å². The molecule has 0 radical (unpaired) electrons. The van der Waals surface area contributed by atoms with E-state index in [2.05, 4.69) is 16.8 Å². The summed E-state index contributed by atoms with van der Waals surface area (Å²) in [4.78, 5) is 16.7. The number of rotatable bonds is 8. The number of carboxylic acid groups (broad SMARTS) is 1. The van der Waals surface area contributed by atoms with Crippen molar-refractivity contribution in [1.29, 1.82) is 0 Å². The highest BCUT2D eigenvalue weighted by atomic mass is 32.2. The van der Waals surface area contributed by atoms with Crippen LogP contribution in [0.3, 0.4) is 0 Å². The Morgan fingerprint density at radius 1 is 1.19 bits per heavy atom. The Hall–Kier alpha value is -3.46. The third-order valence-electron chi connectivity index (χ3n) is 8.37. The van der Waals surface area contributed by atoms with Crippen LogP contribution >= 0.6 is 11.3 Å². The molecular weight excluding hydrogens is 581 g/mol. The third-order valence-corrected chi connectivity index (χ3v) is 10.1. The van der Waals surface area contributed by atoms with Gasteiger partial charge in [0.25, 0.3) is 0 Å². The predicted molar refractivity (Wildman–Crippen MR) is 168 cm³/mol. The second-order valence-corrected chi connectivity index (χ2v) is 13.6. The molecule has 6 rings (SSSR count). The number of carboxylic acids is 1. The molecule has 2 fully saturated rings. The monoisotopic (exact) mass is 614 g/mol. The quantitative estimate of drug-likeness (QED) is 0.176. The topological polar surface area (TPSA) is 137 Å². The Kier molecular flexibility index (Phi) is 8.20. The normalized spacial score (nSPS) is 16.6. The van der Waals surface area contributed by atoms with E-state index >= 15 is 0 Å². The van der Waals surface area contributed by atoms with Crippen molar-refractivity contribution in [2.75, 3.05) is 0 Å². The number of carbonyl (C=O) groups is 1. The summed E-state index contributed by atoms with van der Waals surface area (Å²) < 4.78 is 13.8. The number of hydrogen-bond donors (Lipinski definition) is 3. The van der Waals surface area contributed by atoms with Crippen LogP contribution in [0.1, 0.15) is 82.5 Å². The van der Waals surface area contributed by atoms with E-state index < -0.39 is 22.9 Å². The van der Waals surface area contributed by atoms with Crippen molar-refractivity contribution in [1.82, 2.24) is 14.8 Å². The number of aromatic nitrogens is 3. The first-order valence-corrected chi connectivity index (χ1v) is 16.6. The number of aliphatic hydroxyl groups is 1. The second-order valence-electron chi connectivity index (χ2n) is 11.7. The van der Waals surface area contributed by atoms with E-state index in [-0.39, 0.29) is 5.69 Å². The van der Waals surface area contributed by atoms with Gasteiger partial charge >= 0.3 is 5.97 Å². The van der Waals surface area contributed by atoms with Crippen LogP contribution in [-0.4, -0.2) is 41.1 Å². The van der Waals surface area contributed by atoms with Gasteiger partial charge in [0.1, 0.15) is 5.60 Å². The number of hydrogen-bond acceptors (Lipinski definition) is 7. The van der Waals surface area contributed by atoms with Crippen LogP contribution in [0.25, 0.3) is 16.4 Å². The molecule has 2 aliphatic carbocycles. The van der Waals surface area contributed by atoms with Crippen molar-refractivity contribution >= 4 is 28.7 Å². The van der Waals surface area contributed by atoms with E-state index in [0.29, 0.717) is 35.2 Å². The number of nitrogens with zero attached hydrogens (tertiary/aromatic N) is 3. The molecule has 2 saturated carbocycles. The molecule has 2 aromatic carbocycles. The average molecular weight is 615 g/mol. The first-order chi connectivity index (χ1) is 20.6. The Morgan fingerprint density at radius 3 is 2.60 bits per heavy atom. The summed E-state index contributed by atoms with van der Waals surface area (Å²) in [7, 11) is 0. The van der Waals surface area contributed by atoms with Gasteiger partial charge in [0, 0.05) is 34.1 Å². The van der Waals surface area contributed by atoms with Crippen molar-refractivity contribution in [2.45, 2.75) is 75.7 Å².